The predicted octanol–water partition coefficient (Wildman–Crippen LogP) is 6.02. The summed E-state index contributed by atoms with van der Waals surface area (Å²) in [5.74, 6) is 0.918. The topological polar surface area (TPSA) is 18.5 Å². The van der Waals surface area contributed by atoms with Gasteiger partial charge in [-0.05, 0) is 49.1 Å². The fourth-order valence-electron chi connectivity index (χ4n) is 2.57. The average molecular weight is 312 g/mol. The zero-order valence-corrected chi connectivity index (χ0v) is 14.5. The van der Waals surface area contributed by atoms with E-state index in [9.17, 15) is 0 Å². The van der Waals surface area contributed by atoms with Crippen LogP contribution in [0.2, 0.25) is 0 Å². The second-order valence-corrected chi connectivity index (χ2v) is 5.80. The summed E-state index contributed by atoms with van der Waals surface area (Å²) in [5.41, 5.74) is 3.66. The number of benzene rings is 2. The van der Waals surface area contributed by atoms with Crippen LogP contribution in [-0.4, -0.2) is 13.2 Å². The van der Waals surface area contributed by atoms with Gasteiger partial charge in [-0.2, -0.15) is 0 Å². The van der Waals surface area contributed by atoms with Crippen molar-refractivity contribution in [2.75, 3.05) is 13.2 Å². The smallest absolute Gasteiger partial charge is 0.119 e. The second kappa shape index (κ2) is 9.36. The van der Waals surface area contributed by atoms with Crippen molar-refractivity contribution in [3.05, 3.63) is 54.1 Å². The molecule has 2 aromatic rings. The Morgan fingerprint density at radius 3 is 2.00 bits per heavy atom. The van der Waals surface area contributed by atoms with E-state index in [-0.39, 0.29) is 6.10 Å². The van der Waals surface area contributed by atoms with E-state index in [1.165, 1.54) is 29.5 Å². The van der Waals surface area contributed by atoms with Crippen LogP contribution in [0.1, 0.15) is 51.7 Å². The summed E-state index contributed by atoms with van der Waals surface area (Å²) in [6.45, 7) is 7.87. The van der Waals surface area contributed by atoms with E-state index in [2.05, 4.69) is 50.2 Å². The highest BCUT2D eigenvalue weighted by Crippen LogP contribution is 2.25. The molecule has 0 aliphatic heterocycles. The fraction of sp³-hybridized carbons (Fsp3) is 0.429. The molecule has 1 atom stereocenters. The van der Waals surface area contributed by atoms with Crippen molar-refractivity contribution in [1.29, 1.82) is 0 Å². The first-order valence-electron chi connectivity index (χ1n) is 8.69. The molecule has 0 saturated carbocycles. The van der Waals surface area contributed by atoms with Gasteiger partial charge in [0, 0.05) is 6.61 Å². The molecular formula is C21H28O2. The van der Waals surface area contributed by atoms with Gasteiger partial charge in [0.25, 0.3) is 0 Å². The summed E-state index contributed by atoms with van der Waals surface area (Å²) in [6.07, 6.45) is 3.77. The average Bonchev–Trinajstić information content (AvgIpc) is 2.60. The molecular weight excluding hydrogens is 284 g/mol. The molecule has 2 rings (SSSR count). The van der Waals surface area contributed by atoms with Crippen LogP contribution in [0.3, 0.4) is 0 Å². The molecule has 0 spiro atoms. The molecule has 0 aromatic heterocycles. The van der Waals surface area contributed by atoms with Crippen LogP contribution in [0.5, 0.6) is 5.75 Å². The van der Waals surface area contributed by atoms with Crippen molar-refractivity contribution in [1.82, 2.24) is 0 Å². The van der Waals surface area contributed by atoms with E-state index in [4.69, 9.17) is 9.47 Å². The van der Waals surface area contributed by atoms with Crippen LogP contribution in [0.15, 0.2) is 48.5 Å². The quantitative estimate of drug-likeness (QED) is 0.527. The highest BCUT2D eigenvalue weighted by Gasteiger charge is 2.06. The fourth-order valence-corrected chi connectivity index (χ4v) is 2.57. The Bertz CT molecular complexity index is 557. The molecule has 0 N–H and O–H groups in total. The molecule has 0 aliphatic rings. The van der Waals surface area contributed by atoms with Gasteiger partial charge in [0.05, 0.1) is 12.7 Å². The van der Waals surface area contributed by atoms with Gasteiger partial charge in [0.15, 0.2) is 0 Å². The van der Waals surface area contributed by atoms with Gasteiger partial charge >= 0.3 is 0 Å². The molecule has 0 fully saturated rings. The molecule has 2 nitrogen and oxygen atoms in total. The standard InChI is InChI=1S/C21H28O2/c1-4-6-7-16-23-17(3)18-8-10-19(11-9-18)20-12-14-21(15-13-20)22-5-2/h8-15,17H,4-7,16H2,1-3H3. The Hall–Kier alpha value is -1.80. The van der Waals surface area contributed by atoms with Crippen LogP contribution < -0.4 is 4.74 Å². The summed E-state index contributed by atoms with van der Waals surface area (Å²) in [6, 6.07) is 16.9. The highest BCUT2D eigenvalue weighted by molar-refractivity contribution is 5.64. The molecule has 2 heteroatoms. The third-order valence-electron chi connectivity index (χ3n) is 3.99. The Morgan fingerprint density at radius 2 is 1.43 bits per heavy atom. The third kappa shape index (κ3) is 5.40. The van der Waals surface area contributed by atoms with E-state index in [0.29, 0.717) is 6.61 Å². The number of hydrogen-bond acceptors (Lipinski definition) is 2. The van der Waals surface area contributed by atoms with E-state index in [1.807, 2.05) is 19.1 Å². The van der Waals surface area contributed by atoms with Crippen molar-refractivity contribution in [2.24, 2.45) is 0 Å². The van der Waals surface area contributed by atoms with Crippen molar-refractivity contribution in [2.45, 2.75) is 46.1 Å². The molecule has 0 radical (unpaired) electrons. The Labute approximate surface area is 140 Å². The normalized spacial score (nSPS) is 12.1. The summed E-state index contributed by atoms with van der Waals surface area (Å²) in [4.78, 5) is 0. The predicted molar refractivity (Wildman–Crippen MR) is 96.9 cm³/mol. The maximum atomic E-state index is 5.90. The van der Waals surface area contributed by atoms with Crippen LogP contribution >= 0.6 is 0 Å². The molecule has 1 unspecified atom stereocenters. The van der Waals surface area contributed by atoms with Gasteiger partial charge in [-0.25, -0.2) is 0 Å². The number of ether oxygens (including phenoxy) is 2. The van der Waals surface area contributed by atoms with Gasteiger partial charge in [0.2, 0.25) is 0 Å². The van der Waals surface area contributed by atoms with Crippen molar-refractivity contribution < 1.29 is 9.47 Å². The van der Waals surface area contributed by atoms with Crippen LogP contribution in [-0.2, 0) is 4.74 Å². The Balaban J connectivity index is 1.95. The van der Waals surface area contributed by atoms with Gasteiger partial charge in [-0.1, -0.05) is 56.2 Å². The third-order valence-corrected chi connectivity index (χ3v) is 3.99. The lowest BCUT2D eigenvalue weighted by Crippen LogP contribution is -2.01. The first-order chi connectivity index (χ1) is 11.2. The Kier molecular flexibility index (Phi) is 7.15. The van der Waals surface area contributed by atoms with E-state index in [1.54, 1.807) is 0 Å². The second-order valence-electron chi connectivity index (χ2n) is 5.80. The lowest BCUT2D eigenvalue weighted by molar-refractivity contribution is 0.0630. The van der Waals surface area contributed by atoms with Gasteiger partial charge < -0.3 is 9.47 Å². The van der Waals surface area contributed by atoms with E-state index >= 15 is 0 Å². The Morgan fingerprint density at radius 1 is 0.826 bits per heavy atom. The summed E-state index contributed by atoms with van der Waals surface area (Å²) >= 11 is 0. The first-order valence-corrected chi connectivity index (χ1v) is 8.69. The zero-order chi connectivity index (χ0) is 16.5. The maximum Gasteiger partial charge on any atom is 0.119 e. The van der Waals surface area contributed by atoms with Gasteiger partial charge in [-0.15, -0.1) is 0 Å². The first kappa shape index (κ1) is 17.6. The molecule has 0 bridgehead atoms. The summed E-state index contributed by atoms with van der Waals surface area (Å²) in [7, 11) is 0. The highest BCUT2D eigenvalue weighted by atomic mass is 16.5. The largest absolute Gasteiger partial charge is 0.494 e. The van der Waals surface area contributed by atoms with Gasteiger partial charge in [0.1, 0.15) is 5.75 Å². The number of rotatable bonds is 9. The minimum atomic E-state index is 0.154. The van der Waals surface area contributed by atoms with Crippen LogP contribution in [0, 0.1) is 0 Å². The summed E-state index contributed by atoms with van der Waals surface area (Å²) < 4.78 is 11.4. The van der Waals surface area contributed by atoms with Crippen LogP contribution in [0.4, 0.5) is 0 Å². The molecule has 2 aromatic carbocycles. The minimum absolute atomic E-state index is 0.154. The van der Waals surface area contributed by atoms with E-state index < -0.39 is 0 Å². The van der Waals surface area contributed by atoms with Gasteiger partial charge in [-0.3, -0.25) is 0 Å². The van der Waals surface area contributed by atoms with Crippen molar-refractivity contribution in [3.63, 3.8) is 0 Å². The maximum absolute atomic E-state index is 5.90. The van der Waals surface area contributed by atoms with Crippen molar-refractivity contribution in [3.8, 4) is 16.9 Å². The lowest BCUT2D eigenvalue weighted by atomic mass is 10.0. The van der Waals surface area contributed by atoms with Crippen LogP contribution in [0.25, 0.3) is 11.1 Å². The summed E-state index contributed by atoms with van der Waals surface area (Å²) in [5, 5.41) is 0. The molecule has 0 saturated heterocycles. The monoisotopic (exact) mass is 312 g/mol. The molecule has 124 valence electrons. The lowest BCUT2D eigenvalue weighted by Gasteiger charge is -2.14. The van der Waals surface area contributed by atoms with E-state index in [0.717, 1.165) is 18.8 Å². The number of hydrogen-bond donors (Lipinski definition) is 0. The molecule has 0 amide bonds. The molecule has 23 heavy (non-hydrogen) atoms. The minimum Gasteiger partial charge on any atom is -0.494 e. The zero-order valence-electron chi connectivity index (χ0n) is 14.5. The molecule has 0 aliphatic carbocycles. The SMILES string of the molecule is CCCCCOC(C)c1ccc(-c2ccc(OCC)cc2)cc1. The van der Waals surface area contributed by atoms with Crippen molar-refractivity contribution >= 4 is 0 Å². The number of unbranched alkanes of at least 4 members (excludes halogenated alkanes) is 2. The molecule has 0 heterocycles.